The summed E-state index contributed by atoms with van der Waals surface area (Å²) in [4.78, 5) is 44.9. The van der Waals surface area contributed by atoms with Crippen molar-refractivity contribution in [3.8, 4) is 0 Å². The molecule has 9 heteroatoms. The van der Waals surface area contributed by atoms with Crippen LogP contribution in [0.3, 0.4) is 0 Å². The Labute approximate surface area is 213 Å². The summed E-state index contributed by atoms with van der Waals surface area (Å²) in [6.07, 6.45) is 1.22. The molecule has 0 aliphatic carbocycles. The number of cyclic esters (lactones) is 1. The molecule has 2 atom stereocenters. The van der Waals surface area contributed by atoms with Gasteiger partial charge in [-0.15, -0.1) is 0 Å². The van der Waals surface area contributed by atoms with Crippen LogP contribution in [0.25, 0.3) is 0 Å². The van der Waals surface area contributed by atoms with Crippen LogP contribution >= 0.6 is 0 Å². The van der Waals surface area contributed by atoms with Gasteiger partial charge in [-0.1, -0.05) is 32.9 Å². The van der Waals surface area contributed by atoms with Crippen molar-refractivity contribution in [3.05, 3.63) is 46.7 Å². The maximum absolute atomic E-state index is 13.4. The molecule has 194 valence electrons. The van der Waals surface area contributed by atoms with Crippen molar-refractivity contribution < 1.29 is 28.3 Å². The summed E-state index contributed by atoms with van der Waals surface area (Å²) < 4.78 is 17.5. The second-order valence-electron chi connectivity index (χ2n) is 12.1. The van der Waals surface area contributed by atoms with Crippen molar-refractivity contribution in [3.63, 3.8) is 0 Å². The molecule has 1 saturated heterocycles. The van der Waals surface area contributed by atoms with E-state index in [1.807, 2.05) is 0 Å². The summed E-state index contributed by atoms with van der Waals surface area (Å²) in [6, 6.07) is 5.95. The number of nitrogens with zero attached hydrogens (tertiary/aromatic N) is 2. The maximum atomic E-state index is 13.4. The normalized spacial score (nSPS) is 23.3. The number of hydrogen-bond donors (Lipinski definition) is 0. The summed E-state index contributed by atoms with van der Waals surface area (Å²) >= 11 is 0. The third-order valence-corrected chi connectivity index (χ3v) is 11.8. The fraction of sp³-hybridized carbons (Fsp3) is 0.556. The molecule has 0 bridgehead atoms. The van der Waals surface area contributed by atoms with E-state index in [1.165, 1.54) is 4.90 Å². The first kappa shape index (κ1) is 26.3. The van der Waals surface area contributed by atoms with Crippen LogP contribution < -0.4 is 0 Å². The van der Waals surface area contributed by atoms with E-state index in [9.17, 15) is 14.4 Å². The standard InChI is InChI=1S/C27H36N2O6Si/c1-26(2,3)35-25(32)21-16(15-33-36(7,8)27(4,5)6)13-14-19-20(23(30)29(19)21)28-22-17-11-9-10-12-18(17)24(31)34-22/h9-12,19-20H,13-15H2,1-8H3/t19-,20+/m1/s1. The largest absolute Gasteiger partial charge is 0.455 e. The molecule has 1 amide bonds. The van der Waals surface area contributed by atoms with Gasteiger partial charge in [0, 0.05) is 0 Å². The smallest absolute Gasteiger partial charge is 0.355 e. The van der Waals surface area contributed by atoms with E-state index in [0.717, 1.165) is 5.57 Å². The Morgan fingerprint density at radius 2 is 1.75 bits per heavy atom. The Hall–Kier alpha value is -2.78. The lowest BCUT2D eigenvalue weighted by Gasteiger charge is -2.49. The molecular weight excluding hydrogens is 476 g/mol. The van der Waals surface area contributed by atoms with E-state index >= 15 is 0 Å². The van der Waals surface area contributed by atoms with Crippen molar-refractivity contribution in [2.45, 2.75) is 90.2 Å². The molecular formula is C27H36N2O6Si. The van der Waals surface area contributed by atoms with Gasteiger partial charge in [0.1, 0.15) is 11.3 Å². The maximum Gasteiger partial charge on any atom is 0.355 e. The molecule has 3 aliphatic heterocycles. The number of carbonyl (C=O) groups excluding carboxylic acids is 3. The third kappa shape index (κ3) is 4.78. The van der Waals surface area contributed by atoms with Gasteiger partial charge in [0.2, 0.25) is 5.90 Å². The molecule has 0 aromatic heterocycles. The lowest BCUT2D eigenvalue weighted by molar-refractivity contribution is -0.161. The molecule has 0 unspecified atom stereocenters. The lowest BCUT2D eigenvalue weighted by Crippen LogP contribution is -2.66. The molecule has 8 nitrogen and oxygen atoms in total. The van der Waals surface area contributed by atoms with Gasteiger partial charge in [0.05, 0.1) is 23.8 Å². The molecule has 0 saturated carbocycles. The topological polar surface area (TPSA) is 94.5 Å². The van der Waals surface area contributed by atoms with Crippen molar-refractivity contribution in [1.29, 1.82) is 0 Å². The lowest BCUT2D eigenvalue weighted by atomic mass is 9.84. The van der Waals surface area contributed by atoms with Gasteiger partial charge in [-0.05, 0) is 69.5 Å². The Morgan fingerprint density at radius 1 is 1.11 bits per heavy atom. The van der Waals surface area contributed by atoms with Crippen LogP contribution in [0.2, 0.25) is 18.1 Å². The average Bonchev–Trinajstić information content (AvgIpc) is 3.09. The second kappa shape index (κ2) is 8.95. The Balaban J connectivity index is 1.63. The van der Waals surface area contributed by atoms with Crippen molar-refractivity contribution in [2.24, 2.45) is 4.99 Å². The number of β-lactam (4-membered cyclic amide) rings is 1. The third-order valence-electron chi connectivity index (χ3n) is 7.33. The van der Waals surface area contributed by atoms with E-state index in [1.54, 1.807) is 45.0 Å². The predicted molar refractivity (Wildman–Crippen MR) is 138 cm³/mol. The van der Waals surface area contributed by atoms with Crippen LogP contribution in [-0.2, 0) is 23.5 Å². The van der Waals surface area contributed by atoms with Gasteiger partial charge in [-0.2, -0.15) is 0 Å². The second-order valence-corrected chi connectivity index (χ2v) is 16.9. The number of benzene rings is 1. The first-order valence-corrected chi connectivity index (χ1v) is 15.3. The highest BCUT2D eigenvalue weighted by molar-refractivity contribution is 6.74. The minimum absolute atomic E-state index is 0.0135. The van der Waals surface area contributed by atoms with E-state index in [0.29, 0.717) is 24.0 Å². The molecule has 1 fully saturated rings. The number of esters is 2. The Kier molecular flexibility index (Phi) is 6.54. The van der Waals surface area contributed by atoms with Crippen molar-refractivity contribution in [2.75, 3.05) is 6.61 Å². The summed E-state index contributed by atoms with van der Waals surface area (Å²) in [5.41, 5.74) is 1.35. The summed E-state index contributed by atoms with van der Waals surface area (Å²) in [7, 11) is -2.08. The molecule has 3 heterocycles. The van der Waals surface area contributed by atoms with Gasteiger partial charge in [0.15, 0.2) is 14.4 Å². The number of hydrogen-bond acceptors (Lipinski definition) is 7. The Bertz CT molecular complexity index is 1170. The van der Waals surface area contributed by atoms with E-state index in [4.69, 9.17) is 13.9 Å². The zero-order valence-corrected chi connectivity index (χ0v) is 23.4. The van der Waals surface area contributed by atoms with Gasteiger partial charge in [-0.3, -0.25) is 9.69 Å². The number of carbonyl (C=O) groups is 3. The quantitative estimate of drug-likeness (QED) is 0.325. The molecule has 1 aromatic carbocycles. The molecule has 1 aromatic rings. The van der Waals surface area contributed by atoms with E-state index in [-0.39, 0.29) is 35.2 Å². The summed E-state index contributed by atoms with van der Waals surface area (Å²) in [6.45, 7) is 16.5. The summed E-state index contributed by atoms with van der Waals surface area (Å²) in [5.74, 6) is -1.16. The number of aliphatic imine (C=N–C) groups is 1. The zero-order valence-electron chi connectivity index (χ0n) is 22.4. The van der Waals surface area contributed by atoms with Crippen LogP contribution in [0.1, 0.15) is 70.3 Å². The van der Waals surface area contributed by atoms with Gasteiger partial charge < -0.3 is 13.9 Å². The Morgan fingerprint density at radius 3 is 2.36 bits per heavy atom. The van der Waals surface area contributed by atoms with Crippen LogP contribution in [0.5, 0.6) is 0 Å². The van der Waals surface area contributed by atoms with Gasteiger partial charge >= 0.3 is 11.9 Å². The predicted octanol–water partition coefficient (Wildman–Crippen LogP) is 4.59. The SMILES string of the molecule is CC(C)(C)OC(=O)C1=C(CO[Si](C)(C)C(C)(C)C)CC[C@@H]2[C@H](N=C3OC(=O)c4ccccc43)C(=O)N12. The molecule has 0 radical (unpaired) electrons. The van der Waals surface area contributed by atoms with Crippen LogP contribution in [0, 0.1) is 0 Å². The van der Waals surface area contributed by atoms with E-state index < -0.39 is 31.9 Å². The van der Waals surface area contributed by atoms with Crippen LogP contribution in [-0.4, -0.2) is 61.3 Å². The van der Waals surface area contributed by atoms with Crippen molar-refractivity contribution >= 4 is 32.1 Å². The molecule has 3 aliphatic rings. The average molecular weight is 513 g/mol. The molecule has 0 spiro atoms. The van der Waals surface area contributed by atoms with Crippen molar-refractivity contribution in [1.82, 2.24) is 4.90 Å². The first-order valence-electron chi connectivity index (χ1n) is 12.4. The zero-order chi connectivity index (χ0) is 26.6. The minimum atomic E-state index is -2.08. The number of fused-ring (bicyclic) bond motifs is 2. The van der Waals surface area contributed by atoms with Crippen LogP contribution in [0.4, 0.5) is 0 Å². The number of amides is 1. The van der Waals surface area contributed by atoms with E-state index in [2.05, 4.69) is 38.9 Å². The highest BCUT2D eigenvalue weighted by Crippen LogP contribution is 2.42. The first-order chi connectivity index (χ1) is 16.6. The van der Waals surface area contributed by atoms with Gasteiger partial charge in [0.25, 0.3) is 5.91 Å². The number of ether oxygens (including phenoxy) is 2. The minimum Gasteiger partial charge on any atom is -0.455 e. The van der Waals surface area contributed by atoms with Gasteiger partial charge in [-0.25, -0.2) is 14.6 Å². The molecule has 4 rings (SSSR count). The monoisotopic (exact) mass is 512 g/mol. The van der Waals surface area contributed by atoms with Crippen LogP contribution in [0.15, 0.2) is 40.5 Å². The molecule has 0 N–H and O–H groups in total. The number of rotatable bonds is 5. The summed E-state index contributed by atoms with van der Waals surface area (Å²) in [5, 5.41) is 0.0135. The fourth-order valence-electron chi connectivity index (χ4n) is 4.31. The fourth-order valence-corrected chi connectivity index (χ4v) is 5.27. The highest BCUT2D eigenvalue weighted by Gasteiger charge is 2.54. The molecule has 36 heavy (non-hydrogen) atoms. The highest BCUT2D eigenvalue weighted by atomic mass is 28.4.